The number of nitrogens with zero attached hydrogens (tertiary/aromatic N) is 4. The third-order valence-corrected chi connectivity index (χ3v) is 2.31. The lowest BCUT2D eigenvalue weighted by atomic mass is 10.5. The van der Waals surface area contributed by atoms with Crippen LogP contribution in [0.5, 0.6) is 0 Å². The molecule has 0 unspecified atom stereocenters. The lowest BCUT2D eigenvalue weighted by Crippen LogP contribution is -2.19. The molecule has 2 aromatic heterocycles. The summed E-state index contributed by atoms with van der Waals surface area (Å²) in [5.41, 5.74) is 1.05. The number of hydrogen-bond acceptors (Lipinski definition) is 5. The van der Waals surface area contributed by atoms with E-state index in [1.54, 1.807) is 17.9 Å². The number of aryl methyl sites for hydroxylation is 1. The van der Waals surface area contributed by atoms with E-state index in [1.165, 1.54) is 7.11 Å². The maximum absolute atomic E-state index is 11.3. The Balaban J connectivity index is 2.35. The van der Waals surface area contributed by atoms with E-state index in [1.807, 2.05) is 0 Å². The van der Waals surface area contributed by atoms with Crippen LogP contribution in [0.1, 0.15) is 0 Å². The molecule has 0 saturated heterocycles. The molecule has 0 bridgehead atoms. The molecule has 8 heteroatoms. The van der Waals surface area contributed by atoms with Crippen LogP contribution in [0.4, 0.5) is 5.95 Å². The maximum Gasteiger partial charge on any atom is 0.252 e. The number of imidazole rings is 1. The Morgan fingerprint density at radius 1 is 1.59 bits per heavy atom. The molecule has 2 heterocycles. The van der Waals surface area contributed by atoms with Crippen LogP contribution in [0.3, 0.4) is 0 Å². The van der Waals surface area contributed by atoms with Crippen LogP contribution in [0, 0.1) is 0 Å². The fourth-order valence-corrected chi connectivity index (χ4v) is 1.53. The topological polar surface area (TPSA) is 81.9 Å². The first-order valence-corrected chi connectivity index (χ1v) is 5.13. The number of carbonyl (C=O) groups is 1. The van der Waals surface area contributed by atoms with Gasteiger partial charge in [-0.05, 0) is 0 Å². The van der Waals surface area contributed by atoms with Gasteiger partial charge in [0.1, 0.15) is 12.1 Å². The Morgan fingerprint density at radius 2 is 2.35 bits per heavy atom. The largest absolute Gasteiger partial charge is 0.375 e. The van der Waals surface area contributed by atoms with Crippen LogP contribution < -0.4 is 5.32 Å². The molecule has 1 amide bonds. The molecule has 0 aliphatic carbocycles. The van der Waals surface area contributed by atoms with Gasteiger partial charge < -0.3 is 9.30 Å². The van der Waals surface area contributed by atoms with Crippen LogP contribution in [-0.2, 0) is 16.6 Å². The van der Waals surface area contributed by atoms with Crippen LogP contribution in [0.15, 0.2) is 6.33 Å². The number of ether oxygens (including phenoxy) is 1. The zero-order valence-electron chi connectivity index (χ0n) is 9.27. The summed E-state index contributed by atoms with van der Waals surface area (Å²) in [6, 6.07) is 0. The Bertz CT molecular complexity index is 568. The minimum Gasteiger partial charge on any atom is -0.375 e. The van der Waals surface area contributed by atoms with E-state index in [0.717, 1.165) is 0 Å². The Labute approximate surface area is 102 Å². The van der Waals surface area contributed by atoms with Gasteiger partial charge >= 0.3 is 0 Å². The van der Waals surface area contributed by atoms with Crippen molar-refractivity contribution in [2.45, 2.75) is 0 Å². The van der Waals surface area contributed by atoms with Crippen molar-refractivity contribution in [1.82, 2.24) is 19.5 Å². The first kappa shape index (κ1) is 11.7. The summed E-state index contributed by atoms with van der Waals surface area (Å²) < 4.78 is 6.37. The van der Waals surface area contributed by atoms with Gasteiger partial charge in [-0.15, -0.1) is 0 Å². The highest BCUT2D eigenvalue weighted by atomic mass is 35.5. The number of amides is 1. The molecule has 17 heavy (non-hydrogen) atoms. The molecular formula is C9H10ClN5O2. The molecule has 7 nitrogen and oxygen atoms in total. The van der Waals surface area contributed by atoms with Crippen LogP contribution in [0.2, 0.25) is 5.15 Å². The number of anilines is 1. The summed E-state index contributed by atoms with van der Waals surface area (Å²) in [5.74, 6) is -0.210. The lowest BCUT2D eigenvalue weighted by Gasteiger charge is -2.03. The van der Waals surface area contributed by atoms with Gasteiger partial charge in [0, 0.05) is 14.2 Å². The molecule has 90 valence electrons. The van der Waals surface area contributed by atoms with Gasteiger partial charge in [0.15, 0.2) is 10.8 Å². The number of carbonyl (C=O) groups excluding carboxylic acids is 1. The smallest absolute Gasteiger partial charge is 0.252 e. The number of hydrogen-bond donors (Lipinski definition) is 1. The lowest BCUT2D eigenvalue weighted by molar-refractivity contribution is -0.119. The number of fused-ring (bicyclic) bond motifs is 1. The minimum atomic E-state index is -0.343. The maximum atomic E-state index is 11.3. The van der Waals surface area contributed by atoms with E-state index in [-0.39, 0.29) is 23.6 Å². The molecule has 1 N–H and O–H groups in total. The molecule has 2 aromatic rings. The highest BCUT2D eigenvalue weighted by molar-refractivity contribution is 6.33. The van der Waals surface area contributed by atoms with Crippen molar-refractivity contribution in [2.75, 3.05) is 19.0 Å². The summed E-state index contributed by atoms with van der Waals surface area (Å²) in [5, 5.41) is 2.68. The summed E-state index contributed by atoms with van der Waals surface area (Å²) >= 11 is 5.93. The molecule has 0 fully saturated rings. The first-order valence-electron chi connectivity index (χ1n) is 4.75. The predicted molar refractivity (Wildman–Crippen MR) is 61.8 cm³/mol. The van der Waals surface area contributed by atoms with Gasteiger partial charge in [-0.25, -0.2) is 4.98 Å². The van der Waals surface area contributed by atoms with Crippen molar-refractivity contribution in [1.29, 1.82) is 0 Å². The monoisotopic (exact) mass is 255 g/mol. The summed E-state index contributed by atoms with van der Waals surface area (Å²) in [7, 11) is 3.21. The van der Waals surface area contributed by atoms with Gasteiger partial charge in [0.2, 0.25) is 5.95 Å². The van der Waals surface area contributed by atoms with E-state index in [0.29, 0.717) is 11.2 Å². The standard InChI is InChI=1S/C9H10ClN5O2/c1-15-4-11-6-7(10)13-9(14-8(6)15)12-5(16)3-17-2/h4H,3H2,1-2H3,(H,12,13,14,16). The molecule has 0 aliphatic heterocycles. The number of methoxy groups -OCH3 is 1. The Morgan fingerprint density at radius 3 is 3.06 bits per heavy atom. The predicted octanol–water partition coefficient (Wildman–Crippen LogP) is 0.602. The zero-order valence-corrected chi connectivity index (χ0v) is 10.0. The van der Waals surface area contributed by atoms with E-state index in [4.69, 9.17) is 11.6 Å². The average molecular weight is 256 g/mol. The molecule has 0 spiro atoms. The second-order valence-corrected chi connectivity index (χ2v) is 3.70. The van der Waals surface area contributed by atoms with Crippen molar-refractivity contribution in [3.05, 3.63) is 11.5 Å². The van der Waals surface area contributed by atoms with Crippen LogP contribution in [-0.4, -0.2) is 39.1 Å². The van der Waals surface area contributed by atoms with Crippen LogP contribution in [0.25, 0.3) is 11.2 Å². The van der Waals surface area contributed by atoms with Crippen molar-refractivity contribution in [3.63, 3.8) is 0 Å². The number of rotatable bonds is 3. The van der Waals surface area contributed by atoms with Crippen LogP contribution >= 0.6 is 11.6 Å². The molecular weight excluding hydrogens is 246 g/mol. The Kier molecular flexibility index (Phi) is 3.21. The van der Waals surface area contributed by atoms with Crippen molar-refractivity contribution >= 4 is 34.6 Å². The third-order valence-electron chi connectivity index (χ3n) is 2.04. The fourth-order valence-electron chi connectivity index (χ4n) is 1.32. The fraction of sp³-hybridized carbons (Fsp3) is 0.333. The SMILES string of the molecule is COCC(=O)Nc1nc(Cl)c2ncn(C)c2n1. The summed E-state index contributed by atoms with van der Waals surface area (Å²) in [6.07, 6.45) is 1.58. The van der Waals surface area contributed by atoms with Gasteiger partial charge in [-0.2, -0.15) is 9.97 Å². The van der Waals surface area contributed by atoms with E-state index in [9.17, 15) is 4.79 Å². The van der Waals surface area contributed by atoms with Gasteiger partial charge in [-0.3, -0.25) is 10.1 Å². The normalized spacial score (nSPS) is 10.8. The number of aromatic nitrogens is 4. The minimum absolute atomic E-state index is 0.0651. The molecule has 0 aliphatic rings. The van der Waals surface area contributed by atoms with Gasteiger partial charge in [0.25, 0.3) is 5.91 Å². The van der Waals surface area contributed by atoms with E-state index in [2.05, 4.69) is 25.0 Å². The second-order valence-electron chi connectivity index (χ2n) is 3.35. The third kappa shape index (κ3) is 2.34. The quantitative estimate of drug-likeness (QED) is 0.813. The molecule has 0 radical (unpaired) electrons. The van der Waals surface area contributed by atoms with Crippen molar-refractivity contribution in [3.8, 4) is 0 Å². The van der Waals surface area contributed by atoms with E-state index >= 15 is 0 Å². The molecule has 2 rings (SSSR count). The molecule has 0 atom stereocenters. The second kappa shape index (κ2) is 4.64. The Hall–Kier alpha value is -1.73. The van der Waals surface area contributed by atoms with Crippen molar-refractivity contribution < 1.29 is 9.53 Å². The highest BCUT2D eigenvalue weighted by Crippen LogP contribution is 2.19. The number of halogens is 1. The summed E-state index contributed by atoms with van der Waals surface area (Å²) in [4.78, 5) is 23.4. The molecule has 0 saturated carbocycles. The van der Waals surface area contributed by atoms with Crippen molar-refractivity contribution in [2.24, 2.45) is 7.05 Å². The van der Waals surface area contributed by atoms with Gasteiger partial charge in [-0.1, -0.05) is 11.6 Å². The first-order chi connectivity index (χ1) is 8.11. The number of nitrogens with one attached hydrogen (secondary N) is 1. The zero-order chi connectivity index (χ0) is 12.4. The summed E-state index contributed by atoms with van der Waals surface area (Å²) in [6.45, 7) is -0.0651. The molecule has 0 aromatic carbocycles. The van der Waals surface area contributed by atoms with E-state index < -0.39 is 0 Å². The average Bonchev–Trinajstić information content (AvgIpc) is 2.61. The highest BCUT2D eigenvalue weighted by Gasteiger charge is 2.11. The van der Waals surface area contributed by atoms with Gasteiger partial charge in [0.05, 0.1) is 6.33 Å².